The van der Waals surface area contributed by atoms with Crippen molar-refractivity contribution < 1.29 is 14.6 Å². The molecule has 4 aromatic carbocycles. The zero-order chi connectivity index (χ0) is 25.7. The van der Waals surface area contributed by atoms with Gasteiger partial charge in [0.15, 0.2) is 11.5 Å². The predicted octanol–water partition coefficient (Wildman–Crippen LogP) is 5.83. The molecular weight excluding hydrogens is 462 g/mol. The molecular formula is C31H29N3O3. The molecule has 6 nitrogen and oxygen atoms in total. The summed E-state index contributed by atoms with van der Waals surface area (Å²) >= 11 is 0. The van der Waals surface area contributed by atoms with Gasteiger partial charge in [-0.25, -0.2) is 0 Å². The molecule has 6 heteroatoms. The number of benzene rings is 4. The molecule has 0 bridgehead atoms. The maximum atomic E-state index is 10.7. The highest BCUT2D eigenvalue weighted by molar-refractivity contribution is 5.96. The van der Waals surface area contributed by atoms with Crippen molar-refractivity contribution in [2.24, 2.45) is 11.7 Å². The van der Waals surface area contributed by atoms with Gasteiger partial charge in [-0.1, -0.05) is 36.4 Å². The van der Waals surface area contributed by atoms with Gasteiger partial charge in [0.1, 0.15) is 11.6 Å². The van der Waals surface area contributed by atoms with E-state index in [9.17, 15) is 5.11 Å². The van der Waals surface area contributed by atoms with Crippen molar-refractivity contribution in [3.8, 4) is 28.4 Å². The molecule has 0 spiro atoms. The SMILES string of the molecule is COc1ccc(-c2cc(O)c(OC)cc2C2Nc3ccc(C(=N)N)cc3C3c4ccccc4CC23)cc1. The lowest BCUT2D eigenvalue weighted by molar-refractivity contribution is 0.370. The van der Waals surface area contributed by atoms with E-state index in [4.69, 9.17) is 20.6 Å². The van der Waals surface area contributed by atoms with Crippen LogP contribution in [0.25, 0.3) is 11.1 Å². The molecule has 1 heterocycles. The number of hydrogen-bond acceptors (Lipinski definition) is 5. The molecule has 2 aliphatic rings. The minimum atomic E-state index is -0.0420. The van der Waals surface area contributed by atoms with Crippen molar-refractivity contribution in [1.82, 2.24) is 0 Å². The number of nitrogens with one attached hydrogen (secondary N) is 2. The monoisotopic (exact) mass is 491 g/mol. The lowest BCUT2D eigenvalue weighted by atomic mass is 9.74. The smallest absolute Gasteiger partial charge is 0.160 e. The number of methoxy groups -OCH3 is 2. The molecule has 0 aromatic heterocycles. The third-order valence-electron chi connectivity index (χ3n) is 7.80. The van der Waals surface area contributed by atoms with Crippen LogP contribution < -0.4 is 20.5 Å². The van der Waals surface area contributed by atoms with Crippen molar-refractivity contribution >= 4 is 11.5 Å². The molecule has 5 N–H and O–H groups in total. The number of phenols is 1. The molecule has 186 valence electrons. The normalized spacial score (nSPS) is 19.2. The molecule has 0 radical (unpaired) electrons. The summed E-state index contributed by atoms with van der Waals surface area (Å²) < 4.78 is 10.9. The van der Waals surface area contributed by atoms with E-state index in [1.165, 1.54) is 11.1 Å². The lowest BCUT2D eigenvalue weighted by Gasteiger charge is -2.39. The van der Waals surface area contributed by atoms with E-state index in [1.54, 1.807) is 20.3 Å². The Kier molecular flexibility index (Phi) is 5.52. The van der Waals surface area contributed by atoms with Gasteiger partial charge in [0.05, 0.1) is 20.3 Å². The Labute approximate surface area is 216 Å². The highest BCUT2D eigenvalue weighted by Crippen LogP contribution is 2.55. The van der Waals surface area contributed by atoms with Crippen LogP contribution >= 0.6 is 0 Å². The average molecular weight is 492 g/mol. The molecule has 3 unspecified atom stereocenters. The summed E-state index contributed by atoms with van der Waals surface area (Å²) in [4.78, 5) is 0. The number of hydrogen-bond donors (Lipinski definition) is 4. The molecule has 37 heavy (non-hydrogen) atoms. The van der Waals surface area contributed by atoms with Gasteiger partial charge < -0.3 is 25.6 Å². The number of amidine groups is 1. The Morgan fingerprint density at radius 3 is 2.43 bits per heavy atom. The highest BCUT2D eigenvalue weighted by Gasteiger charge is 2.44. The van der Waals surface area contributed by atoms with E-state index in [-0.39, 0.29) is 29.5 Å². The van der Waals surface area contributed by atoms with Crippen LogP contribution in [0, 0.1) is 11.3 Å². The van der Waals surface area contributed by atoms with Crippen molar-refractivity contribution in [2.75, 3.05) is 19.5 Å². The molecule has 3 atom stereocenters. The van der Waals surface area contributed by atoms with Gasteiger partial charge in [-0.2, -0.15) is 0 Å². The van der Waals surface area contributed by atoms with Crippen LogP contribution in [0.5, 0.6) is 17.2 Å². The average Bonchev–Trinajstić information content (AvgIpc) is 3.32. The Hall–Kier alpha value is -4.45. The topological polar surface area (TPSA) is 101 Å². The van der Waals surface area contributed by atoms with Crippen molar-refractivity contribution in [3.63, 3.8) is 0 Å². The number of nitrogen functional groups attached to an aromatic ring is 1. The largest absolute Gasteiger partial charge is 0.504 e. The second-order valence-corrected chi connectivity index (χ2v) is 9.72. The van der Waals surface area contributed by atoms with Crippen LogP contribution in [-0.4, -0.2) is 25.2 Å². The van der Waals surface area contributed by atoms with Gasteiger partial charge >= 0.3 is 0 Å². The molecule has 4 aromatic rings. The fourth-order valence-corrected chi connectivity index (χ4v) is 6.06. The second kappa shape index (κ2) is 8.89. The van der Waals surface area contributed by atoms with E-state index < -0.39 is 0 Å². The highest BCUT2D eigenvalue weighted by atomic mass is 16.5. The third-order valence-corrected chi connectivity index (χ3v) is 7.80. The van der Waals surface area contributed by atoms with Gasteiger partial charge in [0.2, 0.25) is 0 Å². The molecule has 0 fully saturated rings. The van der Waals surface area contributed by atoms with Crippen LogP contribution in [0.15, 0.2) is 78.9 Å². The zero-order valence-electron chi connectivity index (χ0n) is 20.8. The second-order valence-electron chi connectivity index (χ2n) is 9.72. The van der Waals surface area contributed by atoms with Crippen LogP contribution in [0.4, 0.5) is 5.69 Å². The number of fused-ring (bicyclic) bond motifs is 5. The first-order valence-electron chi connectivity index (χ1n) is 12.4. The summed E-state index contributed by atoms with van der Waals surface area (Å²) in [6.45, 7) is 0. The molecule has 1 aliphatic carbocycles. The summed E-state index contributed by atoms with van der Waals surface area (Å²) in [5.74, 6) is 1.77. The molecule has 0 saturated carbocycles. The minimum Gasteiger partial charge on any atom is -0.504 e. The fraction of sp³-hybridized carbons (Fsp3) is 0.194. The van der Waals surface area contributed by atoms with E-state index in [0.29, 0.717) is 5.75 Å². The summed E-state index contributed by atoms with van der Waals surface area (Å²) in [6.07, 6.45) is 0.910. The summed E-state index contributed by atoms with van der Waals surface area (Å²) in [7, 11) is 3.23. The number of rotatable bonds is 5. The molecule has 1 aliphatic heterocycles. The molecule has 0 saturated heterocycles. The Morgan fingerprint density at radius 1 is 0.919 bits per heavy atom. The zero-order valence-corrected chi connectivity index (χ0v) is 20.8. The van der Waals surface area contributed by atoms with E-state index in [2.05, 4.69) is 35.6 Å². The van der Waals surface area contributed by atoms with Gasteiger partial charge in [-0.3, -0.25) is 5.41 Å². The number of ether oxygens (including phenoxy) is 2. The minimum absolute atomic E-state index is 0.0420. The number of aromatic hydroxyl groups is 1. The fourth-order valence-electron chi connectivity index (χ4n) is 6.06. The summed E-state index contributed by atoms with van der Waals surface area (Å²) in [5, 5.41) is 22.5. The van der Waals surface area contributed by atoms with Gasteiger partial charge in [0.25, 0.3) is 0 Å². The standard InChI is InChI=1S/C31H29N3O3/c1-36-20-10-7-17(8-11-20)22-15-27(35)28(37-2)16-23(22)30-25-13-18-5-3-4-6-21(18)29(25)24-14-19(31(32)33)9-12-26(24)34-30/h3-12,14-16,25,29-30,34-35H,13H2,1-2H3,(H3,32,33). The maximum absolute atomic E-state index is 10.7. The van der Waals surface area contributed by atoms with Gasteiger partial charge in [-0.05, 0) is 88.2 Å². The maximum Gasteiger partial charge on any atom is 0.160 e. The van der Waals surface area contributed by atoms with E-state index in [0.717, 1.165) is 45.7 Å². The lowest BCUT2D eigenvalue weighted by Crippen LogP contribution is -2.31. The van der Waals surface area contributed by atoms with Crippen molar-refractivity contribution in [2.45, 2.75) is 18.4 Å². The summed E-state index contributed by atoms with van der Waals surface area (Å²) in [6, 6.07) is 26.2. The predicted molar refractivity (Wildman–Crippen MR) is 146 cm³/mol. The van der Waals surface area contributed by atoms with Crippen LogP contribution in [-0.2, 0) is 6.42 Å². The van der Waals surface area contributed by atoms with Crippen LogP contribution in [0.1, 0.15) is 39.8 Å². The first kappa shape index (κ1) is 23.0. The summed E-state index contributed by atoms with van der Waals surface area (Å²) in [5.41, 5.74) is 14.4. The van der Waals surface area contributed by atoms with Crippen molar-refractivity contribution in [3.05, 3.63) is 107 Å². The van der Waals surface area contributed by atoms with Gasteiger partial charge in [0, 0.05) is 17.2 Å². The van der Waals surface area contributed by atoms with Gasteiger partial charge in [-0.15, -0.1) is 0 Å². The number of phenolic OH excluding ortho intramolecular Hbond substituents is 1. The Bertz CT molecular complexity index is 1510. The third kappa shape index (κ3) is 3.76. The Balaban J connectivity index is 1.55. The van der Waals surface area contributed by atoms with Crippen molar-refractivity contribution in [1.29, 1.82) is 5.41 Å². The van der Waals surface area contributed by atoms with E-state index in [1.807, 2.05) is 42.5 Å². The number of anilines is 1. The van der Waals surface area contributed by atoms with Crippen LogP contribution in [0.2, 0.25) is 0 Å². The quantitative estimate of drug-likeness (QED) is 0.208. The first-order valence-corrected chi connectivity index (χ1v) is 12.4. The number of nitrogens with two attached hydrogens (primary N) is 1. The molecule has 6 rings (SSSR count). The van der Waals surface area contributed by atoms with Crippen LogP contribution in [0.3, 0.4) is 0 Å². The Morgan fingerprint density at radius 2 is 1.70 bits per heavy atom. The van der Waals surface area contributed by atoms with E-state index >= 15 is 0 Å². The first-order chi connectivity index (χ1) is 18.0. The molecule has 0 amide bonds.